The predicted octanol–water partition coefficient (Wildman–Crippen LogP) is 3.23. The number of aliphatic hydroxyl groups is 1. The maximum Gasteiger partial charge on any atom is 0.193 e. The van der Waals surface area contributed by atoms with Gasteiger partial charge in [0.2, 0.25) is 0 Å². The number of aryl methyl sites for hydroxylation is 1. The van der Waals surface area contributed by atoms with Crippen molar-refractivity contribution in [2.45, 2.75) is 26.4 Å². The zero-order valence-electron chi connectivity index (χ0n) is 11.1. The predicted molar refractivity (Wildman–Crippen MR) is 72.6 cm³/mol. The monoisotopic (exact) mass is 281 g/mol. The third kappa shape index (κ3) is 2.91. The molecule has 1 atom stereocenters. The number of halogens is 1. The summed E-state index contributed by atoms with van der Waals surface area (Å²) in [6.07, 6.45) is 1.32. The van der Waals surface area contributed by atoms with Gasteiger partial charge in [0.1, 0.15) is 17.6 Å². The zero-order valence-corrected chi connectivity index (χ0v) is 11.9. The van der Waals surface area contributed by atoms with Crippen LogP contribution in [0.2, 0.25) is 5.22 Å². The van der Waals surface area contributed by atoms with E-state index in [1.54, 1.807) is 25.4 Å². The molecule has 4 nitrogen and oxygen atoms in total. The highest BCUT2D eigenvalue weighted by Crippen LogP contribution is 2.28. The molecule has 2 aromatic rings. The topological polar surface area (TPSA) is 55.5 Å². The summed E-state index contributed by atoms with van der Waals surface area (Å²) in [5.41, 5.74) is 2.68. The van der Waals surface area contributed by atoms with Gasteiger partial charge in [0, 0.05) is 29.4 Å². The van der Waals surface area contributed by atoms with E-state index in [0.29, 0.717) is 12.2 Å². The van der Waals surface area contributed by atoms with Crippen LogP contribution in [0.4, 0.5) is 0 Å². The maximum absolute atomic E-state index is 10.1. The fourth-order valence-electron chi connectivity index (χ4n) is 2.07. The quantitative estimate of drug-likeness (QED) is 0.935. The van der Waals surface area contributed by atoms with E-state index in [1.165, 1.54) is 0 Å². The van der Waals surface area contributed by atoms with E-state index < -0.39 is 6.10 Å². The molecule has 1 N–H and O–H groups in total. The van der Waals surface area contributed by atoms with Crippen molar-refractivity contribution in [1.29, 1.82) is 0 Å². The average molecular weight is 282 g/mol. The molecule has 0 saturated carbocycles. The van der Waals surface area contributed by atoms with Gasteiger partial charge >= 0.3 is 0 Å². The van der Waals surface area contributed by atoms with E-state index in [2.05, 4.69) is 4.98 Å². The molecule has 0 saturated heterocycles. The number of nitrogens with zero attached hydrogens (tertiary/aromatic N) is 1. The highest BCUT2D eigenvalue weighted by Gasteiger charge is 2.17. The van der Waals surface area contributed by atoms with E-state index in [1.807, 2.05) is 13.8 Å². The molecular formula is C14H16ClNO3. The van der Waals surface area contributed by atoms with Crippen molar-refractivity contribution in [2.75, 3.05) is 7.11 Å². The van der Waals surface area contributed by atoms with Crippen LogP contribution in [0.25, 0.3) is 0 Å². The molecule has 0 aliphatic rings. The molecule has 2 rings (SSSR count). The molecule has 102 valence electrons. The van der Waals surface area contributed by atoms with Crippen LogP contribution in [0.1, 0.15) is 28.7 Å². The highest BCUT2D eigenvalue weighted by molar-refractivity contribution is 6.28. The van der Waals surface area contributed by atoms with Gasteiger partial charge in [-0.25, -0.2) is 0 Å². The Hall–Kier alpha value is -1.52. The van der Waals surface area contributed by atoms with Gasteiger partial charge in [0.25, 0.3) is 0 Å². The molecule has 0 aliphatic heterocycles. The lowest BCUT2D eigenvalue weighted by Crippen LogP contribution is -2.06. The summed E-state index contributed by atoms with van der Waals surface area (Å²) in [7, 11) is 1.63. The molecule has 0 aliphatic carbocycles. The first-order valence-electron chi connectivity index (χ1n) is 5.95. The molecule has 0 radical (unpaired) electrons. The van der Waals surface area contributed by atoms with Crippen LogP contribution < -0.4 is 4.74 Å². The van der Waals surface area contributed by atoms with E-state index in [4.69, 9.17) is 20.8 Å². The number of rotatable bonds is 4. The van der Waals surface area contributed by atoms with Gasteiger partial charge in [0.15, 0.2) is 5.22 Å². The molecule has 2 heterocycles. The van der Waals surface area contributed by atoms with E-state index in [9.17, 15) is 5.11 Å². The summed E-state index contributed by atoms with van der Waals surface area (Å²) >= 11 is 5.69. The highest BCUT2D eigenvalue weighted by atomic mass is 35.5. The van der Waals surface area contributed by atoms with Crippen molar-refractivity contribution >= 4 is 11.6 Å². The average Bonchev–Trinajstić information content (AvgIpc) is 2.80. The van der Waals surface area contributed by atoms with Gasteiger partial charge in [-0.2, -0.15) is 0 Å². The number of pyridine rings is 1. The Balaban J connectivity index is 2.24. The van der Waals surface area contributed by atoms with Crippen molar-refractivity contribution < 1.29 is 14.3 Å². The van der Waals surface area contributed by atoms with Gasteiger partial charge in [-0.3, -0.25) is 4.98 Å². The number of aliphatic hydroxyl groups excluding tert-OH is 1. The van der Waals surface area contributed by atoms with Crippen LogP contribution in [0.3, 0.4) is 0 Å². The third-order valence-corrected chi connectivity index (χ3v) is 3.26. The molecule has 0 aromatic carbocycles. The van der Waals surface area contributed by atoms with Crippen molar-refractivity contribution in [3.05, 3.63) is 46.1 Å². The summed E-state index contributed by atoms with van der Waals surface area (Å²) in [5, 5.41) is 10.4. The fraction of sp³-hybridized carbons (Fsp3) is 0.357. The molecule has 1 unspecified atom stereocenters. The van der Waals surface area contributed by atoms with Crippen LogP contribution in [-0.2, 0) is 6.42 Å². The molecule has 0 spiro atoms. The minimum absolute atomic E-state index is 0.264. The zero-order chi connectivity index (χ0) is 14.0. The van der Waals surface area contributed by atoms with E-state index >= 15 is 0 Å². The lowest BCUT2D eigenvalue weighted by Gasteiger charge is -2.14. The molecular weight excluding hydrogens is 266 g/mol. The van der Waals surface area contributed by atoms with Gasteiger partial charge in [-0.05, 0) is 37.6 Å². The normalized spacial score (nSPS) is 12.5. The SMILES string of the molecule is COc1c(C)cnc(CC(O)c2ccc(Cl)o2)c1C. The second-order valence-electron chi connectivity index (χ2n) is 4.41. The standard InChI is InChI=1S/C14H16ClNO3/c1-8-7-16-10(9(2)14(8)18-3)6-11(17)12-4-5-13(15)19-12/h4-5,7,11,17H,6H2,1-3H3. The lowest BCUT2D eigenvalue weighted by molar-refractivity contribution is 0.149. The number of aromatic nitrogens is 1. The van der Waals surface area contributed by atoms with E-state index in [-0.39, 0.29) is 5.22 Å². The van der Waals surface area contributed by atoms with Crippen molar-refractivity contribution in [3.8, 4) is 5.75 Å². The first-order valence-corrected chi connectivity index (χ1v) is 6.33. The van der Waals surface area contributed by atoms with Crippen LogP contribution in [0.15, 0.2) is 22.7 Å². The summed E-state index contributed by atoms with van der Waals surface area (Å²) < 4.78 is 10.5. The van der Waals surface area contributed by atoms with Crippen LogP contribution in [0, 0.1) is 13.8 Å². The fourth-order valence-corrected chi connectivity index (χ4v) is 2.22. The Morgan fingerprint density at radius 2 is 2.16 bits per heavy atom. The second kappa shape index (κ2) is 5.63. The van der Waals surface area contributed by atoms with Crippen molar-refractivity contribution in [1.82, 2.24) is 4.98 Å². The Kier molecular flexibility index (Phi) is 4.12. The maximum atomic E-state index is 10.1. The Labute approximate surface area is 117 Å². The molecule has 5 heteroatoms. The minimum atomic E-state index is -0.772. The number of hydrogen-bond donors (Lipinski definition) is 1. The number of ether oxygens (including phenoxy) is 1. The summed E-state index contributed by atoms with van der Waals surface area (Å²) in [4.78, 5) is 4.34. The van der Waals surface area contributed by atoms with Gasteiger partial charge in [-0.15, -0.1) is 0 Å². The Morgan fingerprint density at radius 3 is 2.74 bits per heavy atom. The van der Waals surface area contributed by atoms with Crippen LogP contribution in [0.5, 0.6) is 5.75 Å². The Bertz CT molecular complexity index is 580. The molecule has 19 heavy (non-hydrogen) atoms. The molecule has 0 fully saturated rings. The number of hydrogen-bond acceptors (Lipinski definition) is 4. The van der Waals surface area contributed by atoms with E-state index in [0.717, 1.165) is 22.6 Å². The first-order chi connectivity index (χ1) is 9.02. The second-order valence-corrected chi connectivity index (χ2v) is 4.78. The smallest absolute Gasteiger partial charge is 0.193 e. The minimum Gasteiger partial charge on any atom is -0.496 e. The van der Waals surface area contributed by atoms with Gasteiger partial charge < -0.3 is 14.3 Å². The molecule has 0 bridgehead atoms. The first kappa shape index (κ1) is 13.9. The largest absolute Gasteiger partial charge is 0.496 e. The summed E-state index contributed by atoms with van der Waals surface area (Å²) in [6.45, 7) is 3.86. The molecule has 2 aromatic heterocycles. The van der Waals surface area contributed by atoms with Gasteiger partial charge in [-0.1, -0.05) is 0 Å². The van der Waals surface area contributed by atoms with Crippen LogP contribution >= 0.6 is 11.6 Å². The summed E-state index contributed by atoms with van der Waals surface area (Å²) in [5.74, 6) is 1.24. The van der Waals surface area contributed by atoms with Gasteiger partial charge in [0.05, 0.1) is 7.11 Å². The summed E-state index contributed by atoms with van der Waals surface area (Å²) in [6, 6.07) is 3.27. The number of furan rings is 1. The molecule has 0 amide bonds. The van der Waals surface area contributed by atoms with Crippen molar-refractivity contribution in [2.24, 2.45) is 0 Å². The third-order valence-electron chi connectivity index (χ3n) is 3.06. The Morgan fingerprint density at radius 1 is 1.42 bits per heavy atom. The number of methoxy groups -OCH3 is 1. The van der Waals surface area contributed by atoms with Crippen LogP contribution in [-0.4, -0.2) is 17.2 Å². The lowest BCUT2D eigenvalue weighted by atomic mass is 10.0. The van der Waals surface area contributed by atoms with Crippen molar-refractivity contribution in [3.63, 3.8) is 0 Å².